The molecule has 5 heteroatoms. The zero-order valence-corrected chi connectivity index (χ0v) is 10.2. The number of likely N-dealkylation sites (N-methyl/N-ethyl adjacent to an activating group) is 1. The molecule has 0 amide bonds. The number of pyridine rings is 1. The standard InChI is InChI=1S/C13H14N4O/c1-17-3-2-10(8-17)16-13-5-9-4-11(6-14)18-12(9)7-15-13/h4-5,7,10H,2-3,8H2,1H3,(H,15,16). The fourth-order valence-electron chi connectivity index (χ4n) is 2.34. The van der Waals surface area contributed by atoms with Gasteiger partial charge in [-0.2, -0.15) is 5.26 Å². The molecule has 1 unspecified atom stereocenters. The van der Waals surface area contributed by atoms with Crippen molar-refractivity contribution in [3.63, 3.8) is 0 Å². The first-order chi connectivity index (χ1) is 8.74. The average Bonchev–Trinajstić information content (AvgIpc) is 2.94. The molecule has 3 heterocycles. The fraction of sp³-hybridized carbons (Fsp3) is 0.385. The van der Waals surface area contributed by atoms with Gasteiger partial charge >= 0.3 is 0 Å². The number of hydrogen-bond acceptors (Lipinski definition) is 5. The van der Waals surface area contributed by atoms with Crippen LogP contribution in [0.1, 0.15) is 12.2 Å². The van der Waals surface area contributed by atoms with Crippen molar-refractivity contribution in [2.75, 3.05) is 25.5 Å². The van der Waals surface area contributed by atoms with E-state index in [1.54, 1.807) is 12.3 Å². The first kappa shape index (κ1) is 11.1. The molecule has 0 aromatic carbocycles. The molecule has 0 aliphatic carbocycles. The summed E-state index contributed by atoms with van der Waals surface area (Å²) in [7, 11) is 2.12. The lowest BCUT2D eigenvalue weighted by molar-refractivity contribution is 0.414. The van der Waals surface area contributed by atoms with Gasteiger partial charge in [-0.05, 0) is 26.1 Å². The van der Waals surface area contributed by atoms with E-state index in [-0.39, 0.29) is 0 Å². The minimum absolute atomic E-state index is 0.324. The van der Waals surface area contributed by atoms with Gasteiger partial charge in [-0.25, -0.2) is 4.98 Å². The summed E-state index contributed by atoms with van der Waals surface area (Å²) in [4.78, 5) is 6.60. The summed E-state index contributed by atoms with van der Waals surface area (Å²) in [5, 5.41) is 13.1. The van der Waals surface area contributed by atoms with Crippen molar-refractivity contribution in [3.05, 3.63) is 24.1 Å². The number of nitriles is 1. The summed E-state index contributed by atoms with van der Waals surface area (Å²) in [6.45, 7) is 2.15. The maximum atomic E-state index is 8.78. The Hall–Kier alpha value is -2.06. The van der Waals surface area contributed by atoms with Crippen molar-refractivity contribution in [3.8, 4) is 6.07 Å². The van der Waals surface area contributed by atoms with Crippen LogP contribution in [0.4, 0.5) is 5.82 Å². The Bertz CT molecular complexity index is 613. The summed E-state index contributed by atoms with van der Waals surface area (Å²) >= 11 is 0. The smallest absolute Gasteiger partial charge is 0.204 e. The monoisotopic (exact) mass is 242 g/mol. The molecule has 1 atom stereocenters. The van der Waals surface area contributed by atoms with E-state index < -0.39 is 0 Å². The van der Waals surface area contributed by atoms with Crippen LogP contribution in [0.3, 0.4) is 0 Å². The van der Waals surface area contributed by atoms with Crippen LogP contribution >= 0.6 is 0 Å². The average molecular weight is 242 g/mol. The second-order valence-electron chi connectivity index (χ2n) is 4.72. The summed E-state index contributed by atoms with van der Waals surface area (Å²) in [5.41, 5.74) is 0.653. The lowest BCUT2D eigenvalue weighted by Gasteiger charge is -2.13. The molecule has 2 aromatic rings. The Kier molecular flexibility index (Phi) is 2.65. The second kappa shape index (κ2) is 4.31. The van der Waals surface area contributed by atoms with E-state index in [2.05, 4.69) is 22.2 Å². The topological polar surface area (TPSA) is 65.1 Å². The van der Waals surface area contributed by atoms with E-state index in [0.717, 1.165) is 30.7 Å². The van der Waals surface area contributed by atoms with E-state index in [0.29, 0.717) is 17.4 Å². The van der Waals surface area contributed by atoms with E-state index in [1.807, 2.05) is 12.1 Å². The number of likely N-dealkylation sites (tertiary alicyclic amines) is 1. The van der Waals surface area contributed by atoms with Gasteiger partial charge in [-0.15, -0.1) is 0 Å². The molecule has 1 aliphatic rings. The van der Waals surface area contributed by atoms with Gasteiger partial charge in [-0.3, -0.25) is 0 Å². The molecule has 0 spiro atoms. The normalized spacial score (nSPS) is 20.1. The number of furan rings is 1. The molecule has 0 bridgehead atoms. The summed E-state index contributed by atoms with van der Waals surface area (Å²) in [5.74, 6) is 1.16. The van der Waals surface area contributed by atoms with Gasteiger partial charge in [0.25, 0.3) is 0 Å². The number of fused-ring (bicyclic) bond motifs is 1. The van der Waals surface area contributed by atoms with Crippen LogP contribution in [0.5, 0.6) is 0 Å². The Balaban J connectivity index is 1.82. The molecule has 2 aromatic heterocycles. The van der Waals surface area contributed by atoms with E-state index in [1.165, 1.54) is 0 Å². The van der Waals surface area contributed by atoms with E-state index >= 15 is 0 Å². The van der Waals surface area contributed by atoms with Crippen molar-refractivity contribution >= 4 is 16.8 Å². The fourth-order valence-corrected chi connectivity index (χ4v) is 2.34. The van der Waals surface area contributed by atoms with Crippen LogP contribution in [-0.2, 0) is 0 Å². The summed E-state index contributed by atoms with van der Waals surface area (Å²) < 4.78 is 5.30. The van der Waals surface area contributed by atoms with Gasteiger partial charge in [0.15, 0.2) is 5.58 Å². The van der Waals surface area contributed by atoms with Gasteiger partial charge in [0, 0.05) is 24.0 Å². The number of anilines is 1. The molecule has 1 N–H and O–H groups in total. The molecule has 5 nitrogen and oxygen atoms in total. The Morgan fingerprint density at radius 3 is 3.17 bits per heavy atom. The van der Waals surface area contributed by atoms with Crippen molar-refractivity contribution in [2.24, 2.45) is 0 Å². The third-order valence-corrected chi connectivity index (χ3v) is 3.26. The Labute approximate surface area is 105 Å². The highest BCUT2D eigenvalue weighted by Crippen LogP contribution is 2.22. The van der Waals surface area contributed by atoms with Gasteiger partial charge in [-0.1, -0.05) is 0 Å². The highest BCUT2D eigenvalue weighted by atomic mass is 16.3. The molecule has 1 fully saturated rings. The first-order valence-corrected chi connectivity index (χ1v) is 5.99. The van der Waals surface area contributed by atoms with Crippen LogP contribution in [0.25, 0.3) is 11.0 Å². The lowest BCUT2D eigenvalue weighted by Crippen LogP contribution is -2.23. The van der Waals surface area contributed by atoms with Crippen molar-refractivity contribution in [1.29, 1.82) is 5.26 Å². The van der Waals surface area contributed by atoms with Crippen molar-refractivity contribution in [2.45, 2.75) is 12.5 Å². The van der Waals surface area contributed by atoms with Crippen LogP contribution in [0.15, 0.2) is 22.7 Å². The van der Waals surface area contributed by atoms with Crippen LogP contribution < -0.4 is 5.32 Å². The van der Waals surface area contributed by atoms with Gasteiger partial charge in [0.05, 0.1) is 6.20 Å². The van der Waals surface area contributed by atoms with Gasteiger partial charge < -0.3 is 14.6 Å². The maximum absolute atomic E-state index is 8.78. The molecule has 0 radical (unpaired) electrons. The molecule has 18 heavy (non-hydrogen) atoms. The minimum atomic E-state index is 0.324. The summed E-state index contributed by atoms with van der Waals surface area (Å²) in [6, 6.07) is 6.11. The highest BCUT2D eigenvalue weighted by molar-refractivity contribution is 5.80. The van der Waals surface area contributed by atoms with Gasteiger partial charge in [0.2, 0.25) is 5.76 Å². The summed E-state index contributed by atoms with van der Waals surface area (Å²) in [6.07, 6.45) is 2.79. The molecular formula is C13H14N4O. The first-order valence-electron chi connectivity index (χ1n) is 5.99. The van der Waals surface area contributed by atoms with Crippen molar-refractivity contribution < 1.29 is 4.42 Å². The van der Waals surface area contributed by atoms with Crippen LogP contribution in [0, 0.1) is 11.3 Å². The molecule has 1 aliphatic heterocycles. The number of nitrogens with one attached hydrogen (secondary N) is 1. The van der Waals surface area contributed by atoms with Gasteiger partial charge in [0.1, 0.15) is 11.9 Å². The SMILES string of the molecule is CN1CCC(Nc2cc3cc(C#N)oc3cn2)C1. The largest absolute Gasteiger partial charge is 0.444 e. The molecule has 3 rings (SSSR count). The lowest BCUT2D eigenvalue weighted by atomic mass is 10.2. The number of rotatable bonds is 2. The second-order valence-corrected chi connectivity index (χ2v) is 4.72. The zero-order chi connectivity index (χ0) is 12.5. The number of nitrogens with zero attached hydrogens (tertiary/aromatic N) is 3. The zero-order valence-electron chi connectivity index (χ0n) is 10.2. The van der Waals surface area contributed by atoms with Crippen LogP contribution in [-0.4, -0.2) is 36.1 Å². The van der Waals surface area contributed by atoms with E-state index in [4.69, 9.17) is 9.68 Å². The predicted molar refractivity (Wildman–Crippen MR) is 68.2 cm³/mol. The highest BCUT2D eigenvalue weighted by Gasteiger charge is 2.19. The van der Waals surface area contributed by atoms with Crippen molar-refractivity contribution in [1.82, 2.24) is 9.88 Å². The number of aromatic nitrogens is 1. The molecule has 92 valence electrons. The quantitative estimate of drug-likeness (QED) is 0.870. The molecule has 0 saturated carbocycles. The third-order valence-electron chi connectivity index (χ3n) is 3.26. The van der Waals surface area contributed by atoms with E-state index in [9.17, 15) is 0 Å². The maximum Gasteiger partial charge on any atom is 0.204 e. The van der Waals surface area contributed by atoms with Crippen LogP contribution in [0.2, 0.25) is 0 Å². The number of hydrogen-bond donors (Lipinski definition) is 1. The minimum Gasteiger partial charge on any atom is -0.444 e. The Morgan fingerprint density at radius 2 is 2.44 bits per heavy atom. The molecular weight excluding hydrogens is 228 g/mol. The molecule has 1 saturated heterocycles. The third kappa shape index (κ3) is 2.03. The Morgan fingerprint density at radius 1 is 1.56 bits per heavy atom. The predicted octanol–water partition coefficient (Wildman–Crippen LogP) is 1.82.